The van der Waals surface area contributed by atoms with Crippen molar-refractivity contribution in [2.75, 3.05) is 12.8 Å². The lowest BCUT2D eigenvalue weighted by Crippen LogP contribution is -2.19. The first kappa shape index (κ1) is 10.9. The summed E-state index contributed by atoms with van der Waals surface area (Å²) in [5.74, 6) is 1.27. The topological polar surface area (TPSA) is 68.0 Å². The van der Waals surface area contributed by atoms with Crippen LogP contribution in [0.4, 0.5) is 0 Å². The molecule has 0 fully saturated rings. The van der Waals surface area contributed by atoms with Crippen molar-refractivity contribution in [2.45, 2.75) is 5.75 Å². The van der Waals surface area contributed by atoms with Crippen LogP contribution in [0.1, 0.15) is 5.56 Å². The van der Waals surface area contributed by atoms with E-state index in [1.165, 1.54) is 0 Å². The molecular formula is C10H11N3O2S. The summed E-state index contributed by atoms with van der Waals surface area (Å²) < 4.78 is 4.61. The molecule has 1 aromatic carbocycles. The Kier molecular flexibility index (Phi) is 3.40. The summed E-state index contributed by atoms with van der Waals surface area (Å²) in [6.45, 7) is 0. The van der Waals surface area contributed by atoms with Crippen molar-refractivity contribution in [3.63, 3.8) is 0 Å². The van der Waals surface area contributed by atoms with Gasteiger partial charge in [-0.1, -0.05) is 6.07 Å². The quantitative estimate of drug-likeness (QED) is 0.865. The summed E-state index contributed by atoms with van der Waals surface area (Å²) in [5.41, 5.74) is 2.61. The third-order valence-corrected chi connectivity index (χ3v) is 3.10. The van der Waals surface area contributed by atoms with Gasteiger partial charge in [0.2, 0.25) is 5.91 Å². The van der Waals surface area contributed by atoms with Crippen LogP contribution in [-0.4, -0.2) is 29.0 Å². The van der Waals surface area contributed by atoms with Crippen molar-refractivity contribution < 1.29 is 9.42 Å². The van der Waals surface area contributed by atoms with Crippen LogP contribution in [0.5, 0.6) is 0 Å². The average Bonchev–Trinajstić information content (AvgIpc) is 2.76. The van der Waals surface area contributed by atoms with Gasteiger partial charge in [-0.2, -0.15) is 0 Å². The van der Waals surface area contributed by atoms with Gasteiger partial charge in [0.25, 0.3) is 0 Å². The second kappa shape index (κ2) is 4.98. The maximum atomic E-state index is 11.0. The molecule has 5 nitrogen and oxygen atoms in total. The van der Waals surface area contributed by atoms with Crippen molar-refractivity contribution in [2.24, 2.45) is 0 Å². The van der Waals surface area contributed by atoms with Crippen LogP contribution in [-0.2, 0) is 10.5 Å². The molecule has 2 aromatic rings. The Labute approximate surface area is 96.5 Å². The van der Waals surface area contributed by atoms with Crippen LogP contribution in [0.25, 0.3) is 11.0 Å². The summed E-state index contributed by atoms with van der Waals surface area (Å²) in [6.07, 6.45) is 0. The van der Waals surface area contributed by atoms with Crippen LogP contribution >= 0.6 is 11.8 Å². The van der Waals surface area contributed by atoms with Crippen LogP contribution < -0.4 is 5.32 Å². The molecule has 0 atom stereocenters. The minimum absolute atomic E-state index is 0.0363. The van der Waals surface area contributed by atoms with E-state index < -0.39 is 0 Å². The fourth-order valence-corrected chi connectivity index (χ4v) is 2.10. The second-order valence-corrected chi connectivity index (χ2v) is 4.24. The summed E-state index contributed by atoms with van der Waals surface area (Å²) in [6, 6.07) is 5.74. The summed E-state index contributed by atoms with van der Waals surface area (Å²) >= 11 is 1.56. The highest BCUT2D eigenvalue weighted by atomic mass is 32.2. The Morgan fingerprint density at radius 1 is 1.44 bits per heavy atom. The number of rotatable bonds is 4. The number of thioether (sulfide) groups is 1. The van der Waals surface area contributed by atoms with Crippen LogP contribution in [0.15, 0.2) is 22.8 Å². The molecule has 1 heterocycles. The molecule has 0 aliphatic rings. The summed E-state index contributed by atoms with van der Waals surface area (Å²) in [4.78, 5) is 11.0. The molecule has 16 heavy (non-hydrogen) atoms. The lowest BCUT2D eigenvalue weighted by atomic mass is 10.2. The van der Waals surface area contributed by atoms with Gasteiger partial charge in [-0.3, -0.25) is 4.79 Å². The van der Waals surface area contributed by atoms with Gasteiger partial charge in [-0.05, 0) is 28.0 Å². The van der Waals surface area contributed by atoms with Crippen LogP contribution in [0.3, 0.4) is 0 Å². The van der Waals surface area contributed by atoms with Gasteiger partial charge in [-0.15, -0.1) is 11.8 Å². The van der Waals surface area contributed by atoms with Crippen molar-refractivity contribution in [3.05, 3.63) is 23.8 Å². The molecule has 6 heteroatoms. The Morgan fingerprint density at radius 2 is 2.25 bits per heavy atom. The number of aromatic nitrogens is 2. The van der Waals surface area contributed by atoms with Crippen molar-refractivity contribution in [1.29, 1.82) is 0 Å². The summed E-state index contributed by atoms with van der Waals surface area (Å²) in [5, 5.41) is 10.1. The van der Waals surface area contributed by atoms with E-state index in [1.54, 1.807) is 18.8 Å². The number of nitrogens with one attached hydrogen (secondary N) is 1. The number of fused-ring (bicyclic) bond motifs is 1. The van der Waals surface area contributed by atoms with E-state index in [-0.39, 0.29) is 5.91 Å². The first-order valence-electron chi connectivity index (χ1n) is 4.79. The molecule has 0 spiro atoms. The fraction of sp³-hybridized carbons (Fsp3) is 0.300. The third kappa shape index (κ3) is 2.52. The Hall–Kier alpha value is -1.56. The highest BCUT2D eigenvalue weighted by Gasteiger charge is 2.03. The molecule has 0 unspecified atom stereocenters. The zero-order chi connectivity index (χ0) is 11.4. The van der Waals surface area contributed by atoms with Crippen LogP contribution in [0.2, 0.25) is 0 Å². The molecule has 84 valence electrons. The minimum atomic E-state index is 0.0363. The second-order valence-electron chi connectivity index (χ2n) is 3.25. The average molecular weight is 237 g/mol. The zero-order valence-corrected chi connectivity index (χ0v) is 9.58. The fourth-order valence-electron chi connectivity index (χ4n) is 1.25. The van der Waals surface area contributed by atoms with E-state index in [4.69, 9.17) is 0 Å². The molecule has 0 aliphatic carbocycles. The third-order valence-electron chi connectivity index (χ3n) is 2.10. The predicted octanol–water partition coefficient (Wildman–Crippen LogP) is 1.20. The lowest BCUT2D eigenvalue weighted by Gasteiger charge is -2.00. The normalized spacial score (nSPS) is 10.6. The highest BCUT2D eigenvalue weighted by Crippen LogP contribution is 2.16. The molecule has 0 saturated carbocycles. The van der Waals surface area contributed by atoms with Gasteiger partial charge < -0.3 is 5.32 Å². The molecule has 1 amide bonds. The Bertz CT molecular complexity index is 498. The van der Waals surface area contributed by atoms with Crippen molar-refractivity contribution in [1.82, 2.24) is 15.6 Å². The van der Waals surface area contributed by atoms with Gasteiger partial charge >= 0.3 is 0 Å². The number of benzene rings is 1. The van der Waals surface area contributed by atoms with Gasteiger partial charge in [0.05, 0.1) is 5.75 Å². The number of carbonyl (C=O) groups is 1. The number of hydrogen-bond donors (Lipinski definition) is 1. The van der Waals surface area contributed by atoms with Gasteiger partial charge in [0.15, 0.2) is 0 Å². The first-order chi connectivity index (χ1) is 7.79. The number of nitrogens with zero attached hydrogens (tertiary/aromatic N) is 2. The molecule has 1 aromatic heterocycles. The molecule has 2 rings (SSSR count). The molecular weight excluding hydrogens is 226 g/mol. The van der Waals surface area contributed by atoms with E-state index in [0.29, 0.717) is 5.75 Å². The molecule has 1 N–H and O–H groups in total. The van der Waals surface area contributed by atoms with Crippen molar-refractivity contribution >= 4 is 28.7 Å². The van der Waals surface area contributed by atoms with E-state index in [0.717, 1.165) is 22.3 Å². The SMILES string of the molecule is CNC(=O)CSCc1ccc2nonc2c1. The molecule has 0 radical (unpaired) electrons. The monoisotopic (exact) mass is 237 g/mol. The number of hydrogen-bond acceptors (Lipinski definition) is 5. The molecule has 0 bridgehead atoms. The number of amides is 1. The predicted molar refractivity (Wildman–Crippen MR) is 62.0 cm³/mol. The Balaban J connectivity index is 1.96. The lowest BCUT2D eigenvalue weighted by molar-refractivity contribution is -0.118. The first-order valence-corrected chi connectivity index (χ1v) is 5.94. The standard InChI is InChI=1S/C10H11N3O2S/c1-11-10(14)6-16-5-7-2-3-8-9(4-7)13-15-12-8/h2-4H,5-6H2,1H3,(H,11,14). The largest absolute Gasteiger partial charge is 0.358 e. The molecule has 0 aliphatic heterocycles. The van der Waals surface area contributed by atoms with E-state index >= 15 is 0 Å². The Morgan fingerprint density at radius 3 is 3.06 bits per heavy atom. The minimum Gasteiger partial charge on any atom is -0.358 e. The van der Waals surface area contributed by atoms with E-state index in [9.17, 15) is 4.79 Å². The van der Waals surface area contributed by atoms with Gasteiger partial charge in [0, 0.05) is 12.8 Å². The summed E-state index contributed by atoms with van der Waals surface area (Å²) in [7, 11) is 1.63. The van der Waals surface area contributed by atoms with Crippen LogP contribution in [0, 0.1) is 0 Å². The van der Waals surface area contributed by atoms with E-state index in [1.807, 2.05) is 18.2 Å². The van der Waals surface area contributed by atoms with Crippen molar-refractivity contribution in [3.8, 4) is 0 Å². The maximum absolute atomic E-state index is 11.0. The maximum Gasteiger partial charge on any atom is 0.229 e. The number of carbonyl (C=O) groups excluding carboxylic acids is 1. The van der Waals surface area contributed by atoms with E-state index in [2.05, 4.69) is 20.3 Å². The van der Waals surface area contributed by atoms with Gasteiger partial charge in [0.1, 0.15) is 11.0 Å². The highest BCUT2D eigenvalue weighted by molar-refractivity contribution is 7.99. The van der Waals surface area contributed by atoms with Gasteiger partial charge in [-0.25, -0.2) is 4.63 Å². The molecule has 0 saturated heterocycles. The zero-order valence-electron chi connectivity index (χ0n) is 8.77. The smallest absolute Gasteiger partial charge is 0.229 e.